The first-order valence-corrected chi connectivity index (χ1v) is 7.08. The van der Waals surface area contributed by atoms with Crippen LogP contribution in [0.5, 0.6) is 0 Å². The minimum atomic E-state index is -0.389. The molecule has 2 aromatic rings. The maximum Gasteiger partial charge on any atom is 0.248 e. The molecule has 0 atom stereocenters. The summed E-state index contributed by atoms with van der Waals surface area (Å²) in [5, 5.41) is 0. The van der Waals surface area contributed by atoms with Gasteiger partial charge in [-0.25, -0.2) is 0 Å². The van der Waals surface area contributed by atoms with E-state index in [0.717, 1.165) is 36.4 Å². The normalized spacial score (nSPS) is 13.3. The summed E-state index contributed by atoms with van der Waals surface area (Å²) < 4.78 is 0. The SMILES string of the molecule is Cc1cc(C(N)=O)ccc1CN1CCc2cccc(N)c21. The van der Waals surface area contributed by atoms with E-state index in [4.69, 9.17) is 11.5 Å². The number of nitrogen functional groups attached to an aromatic ring is 1. The van der Waals surface area contributed by atoms with Gasteiger partial charge in [-0.15, -0.1) is 0 Å². The van der Waals surface area contributed by atoms with Gasteiger partial charge >= 0.3 is 0 Å². The fraction of sp³-hybridized carbons (Fsp3) is 0.235. The number of nitrogens with two attached hydrogens (primary N) is 2. The van der Waals surface area contributed by atoms with Gasteiger partial charge in [-0.1, -0.05) is 18.2 Å². The molecule has 0 radical (unpaired) electrons. The standard InChI is InChI=1S/C17H19N3O/c1-11-9-13(17(19)21)5-6-14(11)10-20-8-7-12-3-2-4-15(18)16(12)20/h2-6,9H,7-8,10,18H2,1H3,(H2,19,21). The van der Waals surface area contributed by atoms with E-state index in [-0.39, 0.29) is 5.91 Å². The van der Waals surface area contributed by atoms with Gasteiger partial charge < -0.3 is 16.4 Å². The van der Waals surface area contributed by atoms with Gasteiger partial charge in [-0.2, -0.15) is 0 Å². The zero-order valence-corrected chi connectivity index (χ0v) is 12.1. The van der Waals surface area contributed by atoms with Gasteiger partial charge in [0.1, 0.15) is 0 Å². The second-order valence-electron chi connectivity index (χ2n) is 5.53. The summed E-state index contributed by atoms with van der Waals surface area (Å²) in [5.41, 5.74) is 17.5. The van der Waals surface area contributed by atoms with Crippen LogP contribution >= 0.6 is 0 Å². The lowest BCUT2D eigenvalue weighted by Crippen LogP contribution is -2.21. The average molecular weight is 281 g/mol. The Morgan fingerprint density at radius 1 is 1.29 bits per heavy atom. The summed E-state index contributed by atoms with van der Waals surface area (Å²) in [5.74, 6) is -0.389. The van der Waals surface area contributed by atoms with Crippen molar-refractivity contribution in [3.8, 4) is 0 Å². The number of rotatable bonds is 3. The molecule has 3 rings (SSSR count). The third-order valence-corrected chi connectivity index (χ3v) is 4.11. The molecule has 1 amide bonds. The summed E-state index contributed by atoms with van der Waals surface area (Å²) in [6.07, 6.45) is 1.03. The van der Waals surface area contributed by atoms with E-state index in [1.54, 1.807) is 6.07 Å². The van der Waals surface area contributed by atoms with Gasteiger partial charge in [-0.3, -0.25) is 4.79 Å². The number of aryl methyl sites for hydroxylation is 1. The second-order valence-corrected chi connectivity index (χ2v) is 5.53. The van der Waals surface area contributed by atoms with Crippen LogP contribution in [0.2, 0.25) is 0 Å². The molecule has 0 fully saturated rings. The van der Waals surface area contributed by atoms with Gasteiger partial charge in [-0.05, 0) is 48.2 Å². The Labute approximate surface area is 124 Å². The highest BCUT2D eigenvalue weighted by molar-refractivity contribution is 5.93. The minimum Gasteiger partial charge on any atom is -0.397 e. The van der Waals surface area contributed by atoms with Crippen molar-refractivity contribution in [1.82, 2.24) is 0 Å². The monoisotopic (exact) mass is 281 g/mol. The molecule has 0 bridgehead atoms. The number of carbonyl (C=O) groups excluding carboxylic acids is 1. The first-order chi connectivity index (χ1) is 10.1. The summed E-state index contributed by atoms with van der Waals surface area (Å²) >= 11 is 0. The van der Waals surface area contributed by atoms with Gasteiger partial charge in [0.2, 0.25) is 5.91 Å². The van der Waals surface area contributed by atoms with Crippen LogP contribution in [-0.4, -0.2) is 12.5 Å². The number of primary amides is 1. The zero-order valence-electron chi connectivity index (χ0n) is 12.1. The molecule has 1 aliphatic rings. The van der Waals surface area contributed by atoms with Gasteiger partial charge in [0.05, 0.1) is 11.4 Å². The third-order valence-electron chi connectivity index (χ3n) is 4.11. The number of nitrogens with zero attached hydrogens (tertiary/aromatic N) is 1. The smallest absolute Gasteiger partial charge is 0.248 e. The van der Waals surface area contributed by atoms with Crippen molar-refractivity contribution in [3.05, 3.63) is 58.7 Å². The first kappa shape index (κ1) is 13.5. The Morgan fingerprint density at radius 2 is 2.10 bits per heavy atom. The van der Waals surface area contributed by atoms with Crippen molar-refractivity contribution in [2.45, 2.75) is 19.9 Å². The fourth-order valence-corrected chi connectivity index (χ4v) is 2.96. The summed E-state index contributed by atoms with van der Waals surface area (Å²) in [7, 11) is 0. The van der Waals surface area contributed by atoms with E-state index in [2.05, 4.69) is 11.0 Å². The van der Waals surface area contributed by atoms with Gasteiger partial charge in [0.15, 0.2) is 0 Å². The molecule has 4 nitrogen and oxygen atoms in total. The molecule has 4 N–H and O–H groups in total. The third kappa shape index (κ3) is 2.44. The van der Waals surface area contributed by atoms with E-state index >= 15 is 0 Å². The molecular formula is C17H19N3O. The van der Waals surface area contributed by atoms with Crippen molar-refractivity contribution in [3.63, 3.8) is 0 Å². The fourth-order valence-electron chi connectivity index (χ4n) is 2.96. The van der Waals surface area contributed by atoms with Crippen molar-refractivity contribution in [2.75, 3.05) is 17.2 Å². The summed E-state index contributed by atoms with van der Waals surface area (Å²) in [6, 6.07) is 11.7. The lowest BCUT2D eigenvalue weighted by Gasteiger charge is -2.22. The molecule has 0 aromatic heterocycles. The number of anilines is 2. The molecule has 0 spiro atoms. The van der Waals surface area contributed by atoms with Crippen molar-refractivity contribution >= 4 is 17.3 Å². The number of carbonyl (C=O) groups is 1. The van der Waals surface area contributed by atoms with E-state index < -0.39 is 0 Å². The first-order valence-electron chi connectivity index (χ1n) is 7.08. The van der Waals surface area contributed by atoms with Crippen molar-refractivity contribution in [1.29, 1.82) is 0 Å². The van der Waals surface area contributed by atoms with Crippen LogP contribution in [0.25, 0.3) is 0 Å². The number of para-hydroxylation sites is 1. The van der Waals surface area contributed by atoms with Crippen molar-refractivity contribution in [2.24, 2.45) is 5.73 Å². The van der Waals surface area contributed by atoms with Gasteiger partial charge in [0.25, 0.3) is 0 Å². The highest BCUT2D eigenvalue weighted by Gasteiger charge is 2.21. The lowest BCUT2D eigenvalue weighted by molar-refractivity contribution is 0.1000. The van der Waals surface area contributed by atoms with Crippen LogP contribution in [0, 0.1) is 6.92 Å². The van der Waals surface area contributed by atoms with Gasteiger partial charge in [0, 0.05) is 18.7 Å². The Balaban J connectivity index is 1.88. The molecule has 0 saturated heterocycles. The molecule has 4 heteroatoms. The quantitative estimate of drug-likeness (QED) is 0.847. The Bertz CT molecular complexity index is 709. The Kier molecular flexibility index (Phi) is 3.29. The molecule has 0 aliphatic carbocycles. The average Bonchev–Trinajstić information content (AvgIpc) is 2.85. The highest BCUT2D eigenvalue weighted by atomic mass is 16.1. The minimum absolute atomic E-state index is 0.389. The lowest BCUT2D eigenvalue weighted by atomic mass is 10.0. The second kappa shape index (κ2) is 5.13. The molecule has 1 aliphatic heterocycles. The van der Waals surface area contributed by atoms with Crippen LogP contribution in [0.3, 0.4) is 0 Å². The van der Waals surface area contributed by atoms with E-state index in [9.17, 15) is 4.79 Å². The Morgan fingerprint density at radius 3 is 2.81 bits per heavy atom. The van der Waals surface area contributed by atoms with Crippen LogP contribution < -0.4 is 16.4 Å². The zero-order chi connectivity index (χ0) is 15.0. The largest absolute Gasteiger partial charge is 0.397 e. The van der Waals surface area contributed by atoms with Crippen LogP contribution in [0.1, 0.15) is 27.0 Å². The maximum atomic E-state index is 11.2. The topological polar surface area (TPSA) is 72.4 Å². The number of benzene rings is 2. The number of fused-ring (bicyclic) bond motifs is 1. The van der Waals surface area contributed by atoms with E-state index in [1.165, 1.54) is 11.1 Å². The highest BCUT2D eigenvalue weighted by Crippen LogP contribution is 2.34. The summed E-state index contributed by atoms with van der Waals surface area (Å²) in [4.78, 5) is 13.5. The van der Waals surface area contributed by atoms with Crippen LogP contribution in [0.4, 0.5) is 11.4 Å². The van der Waals surface area contributed by atoms with Crippen LogP contribution in [0.15, 0.2) is 36.4 Å². The van der Waals surface area contributed by atoms with Crippen LogP contribution in [-0.2, 0) is 13.0 Å². The van der Waals surface area contributed by atoms with E-state index in [1.807, 2.05) is 31.2 Å². The van der Waals surface area contributed by atoms with Crippen molar-refractivity contribution < 1.29 is 4.79 Å². The molecule has 0 unspecified atom stereocenters. The molecule has 21 heavy (non-hydrogen) atoms. The molecule has 108 valence electrons. The maximum absolute atomic E-state index is 11.2. The molecule has 2 aromatic carbocycles. The Hall–Kier alpha value is -2.49. The summed E-state index contributed by atoms with van der Waals surface area (Å²) in [6.45, 7) is 3.78. The molecular weight excluding hydrogens is 262 g/mol. The predicted octanol–water partition coefficient (Wildman–Crippen LogP) is 2.24. The number of amides is 1. The molecule has 1 heterocycles. The van der Waals surface area contributed by atoms with E-state index in [0.29, 0.717) is 5.56 Å². The predicted molar refractivity (Wildman–Crippen MR) is 85.3 cm³/mol. The number of hydrogen-bond acceptors (Lipinski definition) is 3. The molecule has 0 saturated carbocycles. The number of hydrogen-bond donors (Lipinski definition) is 2.